The zero-order valence-electron chi connectivity index (χ0n) is 24.2. The van der Waals surface area contributed by atoms with Gasteiger partial charge in [-0.25, -0.2) is 9.78 Å². The lowest BCUT2D eigenvalue weighted by Crippen LogP contribution is -2.59. The summed E-state index contributed by atoms with van der Waals surface area (Å²) >= 11 is 0. The first-order valence-corrected chi connectivity index (χ1v) is 14.3. The maximum absolute atomic E-state index is 13.6. The molecule has 0 aromatic carbocycles. The fourth-order valence-electron chi connectivity index (χ4n) is 5.23. The molecule has 4 atom stereocenters. The molecule has 13 nitrogen and oxygen atoms in total. The van der Waals surface area contributed by atoms with Crippen molar-refractivity contribution in [3.05, 3.63) is 24.3 Å². The number of carbonyl (C=O) groups is 5. The van der Waals surface area contributed by atoms with Gasteiger partial charge in [0.1, 0.15) is 17.8 Å². The number of hydrogen-bond acceptors (Lipinski definition) is 8. The summed E-state index contributed by atoms with van der Waals surface area (Å²) in [5, 5.41) is 18.1. The van der Waals surface area contributed by atoms with Crippen LogP contribution in [-0.2, 0) is 19.1 Å². The summed E-state index contributed by atoms with van der Waals surface area (Å²) in [7, 11) is 0. The lowest BCUT2D eigenvalue weighted by molar-refractivity contribution is -0.142. The minimum atomic E-state index is -1.15. The molecule has 0 radical (unpaired) electrons. The average molecular weight is 575 g/mol. The zero-order chi connectivity index (χ0) is 30.1. The van der Waals surface area contributed by atoms with Crippen molar-refractivity contribution < 1.29 is 33.8 Å². The smallest absolute Gasteiger partial charge is 0.409 e. The van der Waals surface area contributed by atoms with E-state index in [0.29, 0.717) is 0 Å². The molecule has 1 saturated carbocycles. The fraction of sp³-hybridized carbons (Fsp3) is 0.679. The molecule has 0 bridgehead atoms. The van der Waals surface area contributed by atoms with Crippen molar-refractivity contribution in [2.75, 3.05) is 19.7 Å². The third-order valence-electron chi connectivity index (χ3n) is 7.50. The first-order valence-electron chi connectivity index (χ1n) is 14.3. The summed E-state index contributed by atoms with van der Waals surface area (Å²) in [5.41, 5.74) is 0.0803. The minimum absolute atomic E-state index is 0.0305. The molecule has 3 rings (SSSR count). The standard InChI is InChI=1S/C28H42N6O7/c1-16(2)15-41-28(40)34-13-19(27(38)39)21(14-34)31-25(36)22(17(3)4)32-26(37)23(18-8-6-5-7-9-18)33-24(35)20-12-29-10-11-30-20/h10-12,16-19,21-23H,5-9,13-15H2,1-4H3,(H,31,36)(H,32,37)(H,33,35)(H,38,39)/t19-,21+,22+,23+/m1/s1. The Balaban J connectivity index is 1.71. The second-order valence-electron chi connectivity index (χ2n) is 11.6. The molecular formula is C28H42N6O7. The molecule has 1 aromatic rings. The molecule has 1 aliphatic carbocycles. The minimum Gasteiger partial charge on any atom is -0.481 e. The van der Waals surface area contributed by atoms with Crippen molar-refractivity contribution in [3.8, 4) is 0 Å². The largest absolute Gasteiger partial charge is 0.481 e. The van der Waals surface area contributed by atoms with Crippen molar-refractivity contribution in [1.82, 2.24) is 30.8 Å². The van der Waals surface area contributed by atoms with Gasteiger partial charge >= 0.3 is 12.1 Å². The van der Waals surface area contributed by atoms with Crippen LogP contribution in [0.2, 0.25) is 0 Å². The van der Waals surface area contributed by atoms with Gasteiger partial charge in [-0.15, -0.1) is 0 Å². The van der Waals surface area contributed by atoms with Gasteiger partial charge in [-0.3, -0.25) is 24.2 Å². The number of nitrogens with zero attached hydrogens (tertiary/aromatic N) is 3. The molecule has 226 valence electrons. The van der Waals surface area contributed by atoms with E-state index in [1.165, 1.54) is 23.5 Å². The molecule has 0 unspecified atom stereocenters. The number of carbonyl (C=O) groups excluding carboxylic acids is 4. The van der Waals surface area contributed by atoms with E-state index in [2.05, 4.69) is 25.9 Å². The maximum Gasteiger partial charge on any atom is 0.409 e. The number of amides is 4. The number of likely N-dealkylation sites (tertiary alicyclic amines) is 1. The highest BCUT2D eigenvalue weighted by Crippen LogP contribution is 2.27. The SMILES string of the molecule is CC(C)COC(=O)N1C[C@H](NC(=O)[C@@H](NC(=O)[C@@H](NC(=O)c2cnccn2)C2CCCCC2)C(C)C)[C@H](C(=O)O)C1. The Bertz CT molecular complexity index is 1080. The number of carboxylic acid groups (broad SMARTS) is 1. The molecule has 4 N–H and O–H groups in total. The van der Waals surface area contributed by atoms with Gasteiger partial charge in [0.2, 0.25) is 11.8 Å². The summed E-state index contributed by atoms with van der Waals surface area (Å²) in [6, 6.07) is -2.75. The van der Waals surface area contributed by atoms with Crippen molar-refractivity contribution >= 4 is 29.8 Å². The summed E-state index contributed by atoms with van der Waals surface area (Å²) in [6.45, 7) is 7.36. The van der Waals surface area contributed by atoms with Gasteiger partial charge < -0.3 is 30.7 Å². The predicted octanol–water partition coefficient (Wildman–Crippen LogP) is 1.59. The maximum atomic E-state index is 13.6. The molecule has 1 aromatic heterocycles. The first kappa shape index (κ1) is 31.8. The Morgan fingerprint density at radius 1 is 1.00 bits per heavy atom. The van der Waals surface area contributed by atoms with E-state index in [-0.39, 0.29) is 43.1 Å². The van der Waals surface area contributed by atoms with Crippen LogP contribution in [0.1, 0.15) is 70.3 Å². The Morgan fingerprint density at radius 2 is 1.71 bits per heavy atom. The van der Waals surface area contributed by atoms with E-state index in [0.717, 1.165) is 32.1 Å². The molecule has 2 aliphatic rings. The number of ether oxygens (including phenoxy) is 1. The summed E-state index contributed by atoms with van der Waals surface area (Å²) < 4.78 is 5.24. The van der Waals surface area contributed by atoms with Crippen LogP contribution in [0.15, 0.2) is 18.6 Å². The predicted molar refractivity (Wildman–Crippen MR) is 147 cm³/mol. The van der Waals surface area contributed by atoms with Crippen LogP contribution in [0.4, 0.5) is 4.79 Å². The normalized spacial score (nSPS) is 20.8. The fourth-order valence-corrected chi connectivity index (χ4v) is 5.23. The van der Waals surface area contributed by atoms with E-state index in [4.69, 9.17) is 4.74 Å². The van der Waals surface area contributed by atoms with Crippen LogP contribution < -0.4 is 16.0 Å². The van der Waals surface area contributed by atoms with Crippen LogP contribution in [0.5, 0.6) is 0 Å². The molecule has 4 amide bonds. The summed E-state index contributed by atoms with van der Waals surface area (Å²) in [5.74, 6) is -4.12. The van der Waals surface area contributed by atoms with Crippen LogP contribution in [0.3, 0.4) is 0 Å². The van der Waals surface area contributed by atoms with Gasteiger partial charge in [0.05, 0.1) is 24.8 Å². The third kappa shape index (κ3) is 8.86. The van der Waals surface area contributed by atoms with E-state index < -0.39 is 53.8 Å². The Labute approximate surface area is 240 Å². The van der Waals surface area contributed by atoms with Crippen LogP contribution in [0, 0.1) is 23.7 Å². The lowest BCUT2D eigenvalue weighted by Gasteiger charge is -2.32. The van der Waals surface area contributed by atoms with Crippen molar-refractivity contribution in [3.63, 3.8) is 0 Å². The molecule has 0 spiro atoms. The van der Waals surface area contributed by atoms with E-state index >= 15 is 0 Å². The number of aliphatic carboxylic acids is 1. The second kappa shape index (κ2) is 14.7. The van der Waals surface area contributed by atoms with Crippen molar-refractivity contribution in [1.29, 1.82) is 0 Å². The highest BCUT2D eigenvalue weighted by molar-refractivity contribution is 5.97. The monoisotopic (exact) mass is 574 g/mol. The van der Waals surface area contributed by atoms with Gasteiger partial charge in [0, 0.05) is 25.5 Å². The molecule has 2 fully saturated rings. The molecule has 41 heavy (non-hydrogen) atoms. The number of aromatic nitrogens is 2. The van der Waals surface area contributed by atoms with Gasteiger partial charge in [-0.05, 0) is 30.6 Å². The zero-order valence-corrected chi connectivity index (χ0v) is 24.2. The van der Waals surface area contributed by atoms with Crippen LogP contribution in [-0.4, -0.2) is 87.6 Å². The van der Waals surface area contributed by atoms with Crippen molar-refractivity contribution in [2.45, 2.75) is 77.9 Å². The van der Waals surface area contributed by atoms with Gasteiger partial charge in [-0.1, -0.05) is 47.0 Å². The molecule has 13 heteroatoms. The van der Waals surface area contributed by atoms with Crippen LogP contribution >= 0.6 is 0 Å². The Hall–Kier alpha value is -3.77. The average Bonchev–Trinajstić information content (AvgIpc) is 3.37. The first-order chi connectivity index (χ1) is 19.5. The van der Waals surface area contributed by atoms with Crippen LogP contribution in [0.25, 0.3) is 0 Å². The number of carboxylic acids is 1. The lowest BCUT2D eigenvalue weighted by atomic mass is 9.83. The highest BCUT2D eigenvalue weighted by atomic mass is 16.6. The quantitative estimate of drug-likeness (QED) is 0.305. The number of rotatable bonds is 11. The van der Waals surface area contributed by atoms with E-state index in [1.54, 1.807) is 13.8 Å². The topological polar surface area (TPSA) is 180 Å². The van der Waals surface area contributed by atoms with Gasteiger partial charge in [0.25, 0.3) is 5.91 Å². The highest BCUT2D eigenvalue weighted by Gasteiger charge is 2.43. The number of nitrogens with one attached hydrogen (secondary N) is 3. The molecular weight excluding hydrogens is 532 g/mol. The second-order valence-corrected chi connectivity index (χ2v) is 11.6. The summed E-state index contributed by atoms with van der Waals surface area (Å²) in [6.07, 6.45) is 7.93. The van der Waals surface area contributed by atoms with E-state index in [9.17, 15) is 29.1 Å². The van der Waals surface area contributed by atoms with E-state index in [1.807, 2.05) is 13.8 Å². The molecule has 1 saturated heterocycles. The Morgan fingerprint density at radius 3 is 2.29 bits per heavy atom. The molecule has 2 heterocycles. The van der Waals surface area contributed by atoms with Gasteiger partial charge in [0.15, 0.2) is 0 Å². The Kier molecular flexibility index (Phi) is 11.4. The third-order valence-corrected chi connectivity index (χ3v) is 7.50. The van der Waals surface area contributed by atoms with Gasteiger partial charge in [-0.2, -0.15) is 0 Å². The van der Waals surface area contributed by atoms with Crippen molar-refractivity contribution in [2.24, 2.45) is 23.7 Å². The number of hydrogen-bond donors (Lipinski definition) is 4. The summed E-state index contributed by atoms with van der Waals surface area (Å²) in [4.78, 5) is 73.5. The molecule has 1 aliphatic heterocycles.